The van der Waals surface area contributed by atoms with Gasteiger partial charge in [-0.2, -0.15) is 0 Å². The first kappa shape index (κ1) is 13.7. The molecule has 0 saturated carbocycles. The molecule has 1 aliphatic heterocycles. The van der Waals surface area contributed by atoms with Crippen LogP contribution in [0.5, 0.6) is 5.19 Å². The lowest BCUT2D eigenvalue weighted by Crippen LogP contribution is -2.25. The largest absolute Gasteiger partial charge is 0.465 e. The number of aromatic nitrogens is 2. The summed E-state index contributed by atoms with van der Waals surface area (Å²) >= 11 is 1.53. The summed E-state index contributed by atoms with van der Waals surface area (Å²) in [7, 11) is 0. The minimum absolute atomic E-state index is 0.239. The van der Waals surface area contributed by atoms with Crippen LogP contribution in [0.15, 0.2) is 0 Å². The molecule has 0 atom stereocenters. The van der Waals surface area contributed by atoms with Crippen molar-refractivity contribution in [2.24, 2.45) is 5.92 Å². The van der Waals surface area contributed by atoms with Gasteiger partial charge in [0.25, 0.3) is 5.19 Å². The smallest absolute Gasteiger partial charge is 0.294 e. The first-order valence-electron chi connectivity index (χ1n) is 6.51. The second-order valence-corrected chi connectivity index (χ2v) is 5.94. The molecular formula is C12H21N3O2S. The molecule has 0 aliphatic carbocycles. The Balaban J connectivity index is 1.74. The molecule has 0 bridgehead atoms. The quantitative estimate of drug-likeness (QED) is 0.855. The first-order valence-corrected chi connectivity index (χ1v) is 7.33. The molecule has 18 heavy (non-hydrogen) atoms. The molecular weight excluding hydrogens is 250 g/mol. The van der Waals surface area contributed by atoms with E-state index in [4.69, 9.17) is 9.47 Å². The Morgan fingerprint density at radius 1 is 1.39 bits per heavy atom. The maximum absolute atomic E-state index is 5.80. The Morgan fingerprint density at radius 3 is 2.89 bits per heavy atom. The highest BCUT2D eigenvalue weighted by molar-refractivity contribution is 7.13. The van der Waals surface area contributed by atoms with Crippen molar-refractivity contribution in [1.29, 1.82) is 0 Å². The van der Waals surface area contributed by atoms with Crippen molar-refractivity contribution in [3.8, 4) is 5.19 Å². The summed E-state index contributed by atoms with van der Waals surface area (Å²) in [5.74, 6) is 0.649. The zero-order valence-corrected chi connectivity index (χ0v) is 11.8. The van der Waals surface area contributed by atoms with Crippen molar-refractivity contribution < 1.29 is 9.47 Å². The maximum atomic E-state index is 5.80. The Morgan fingerprint density at radius 2 is 2.17 bits per heavy atom. The van der Waals surface area contributed by atoms with Gasteiger partial charge < -0.3 is 14.8 Å². The van der Waals surface area contributed by atoms with E-state index in [2.05, 4.69) is 29.4 Å². The molecule has 1 aromatic heterocycles. The molecule has 0 radical (unpaired) electrons. The van der Waals surface area contributed by atoms with Gasteiger partial charge in [-0.05, 0) is 12.5 Å². The van der Waals surface area contributed by atoms with Gasteiger partial charge >= 0.3 is 0 Å². The summed E-state index contributed by atoms with van der Waals surface area (Å²) in [4.78, 5) is 0. The number of nitrogens with one attached hydrogen (secondary N) is 1. The van der Waals surface area contributed by atoms with Crippen molar-refractivity contribution in [1.82, 2.24) is 15.5 Å². The van der Waals surface area contributed by atoms with Gasteiger partial charge in [0.15, 0.2) is 0 Å². The van der Waals surface area contributed by atoms with E-state index in [1.807, 2.05) is 0 Å². The van der Waals surface area contributed by atoms with Gasteiger partial charge in [-0.15, -0.1) is 5.10 Å². The van der Waals surface area contributed by atoms with Crippen molar-refractivity contribution in [2.45, 2.75) is 39.3 Å². The van der Waals surface area contributed by atoms with Crippen LogP contribution in [0.2, 0.25) is 0 Å². The van der Waals surface area contributed by atoms with Crippen molar-refractivity contribution in [2.75, 3.05) is 19.8 Å². The topological polar surface area (TPSA) is 56.3 Å². The van der Waals surface area contributed by atoms with Crippen LogP contribution in [0, 0.1) is 5.92 Å². The van der Waals surface area contributed by atoms with E-state index in [9.17, 15) is 0 Å². The highest BCUT2D eigenvalue weighted by atomic mass is 32.1. The van der Waals surface area contributed by atoms with Gasteiger partial charge in [0.2, 0.25) is 0 Å². The molecule has 2 rings (SSSR count). The predicted octanol–water partition coefficient (Wildman–Crippen LogP) is 1.84. The standard InChI is InChI=1S/C12H21N3O2S/c1-9(2)7-13-8-11-14-15-12(18-11)17-10-3-5-16-6-4-10/h9-10,13H,3-8H2,1-2H3. The van der Waals surface area contributed by atoms with Gasteiger partial charge in [-0.25, -0.2) is 0 Å². The lowest BCUT2D eigenvalue weighted by molar-refractivity contribution is 0.0252. The highest BCUT2D eigenvalue weighted by Crippen LogP contribution is 2.22. The van der Waals surface area contributed by atoms with Crippen molar-refractivity contribution >= 4 is 11.3 Å². The fourth-order valence-corrected chi connectivity index (χ4v) is 2.48. The third-order valence-corrected chi connectivity index (χ3v) is 3.53. The summed E-state index contributed by atoms with van der Waals surface area (Å²) in [5.41, 5.74) is 0. The lowest BCUT2D eigenvalue weighted by Gasteiger charge is -2.21. The first-order chi connectivity index (χ1) is 8.74. The fraction of sp³-hybridized carbons (Fsp3) is 0.833. The van der Waals surface area contributed by atoms with E-state index in [0.29, 0.717) is 11.1 Å². The molecule has 1 aromatic rings. The summed E-state index contributed by atoms with van der Waals surface area (Å²) in [6.07, 6.45) is 2.13. The average Bonchev–Trinajstić information content (AvgIpc) is 2.78. The van der Waals surface area contributed by atoms with Crippen LogP contribution in [0.4, 0.5) is 0 Å². The van der Waals surface area contributed by atoms with Crippen LogP contribution in [-0.4, -0.2) is 36.1 Å². The van der Waals surface area contributed by atoms with Gasteiger partial charge in [-0.3, -0.25) is 0 Å². The zero-order valence-electron chi connectivity index (χ0n) is 11.0. The molecule has 1 N–H and O–H groups in total. The van der Waals surface area contributed by atoms with E-state index in [0.717, 1.165) is 44.2 Å². The van der Waals surface area contributed by atoms with Gasteiger partial charge in [0, 0.05) is 19.4 Å². The summed E-state index contributed by atoms with van der Waals surface area (Å²) < 4.78 is 11.1. The molecule has 0 amide bonds. The summed E-state index contributed by atoms with van der Waals surface area (Å²) in [6.45, 7) is 7.71. The number of hydrogen-bond donors (Lipinski definition) is 1. The second kappa shape index (κ2) is 7.01. The Hall–Kier alpha value is -0.720. The second-order valence-electron chi connectivity index (χ2n) is 4.92. The third-order valence-electron chi connectivity index (χ3n) is 2.71. The molecule has 0 aromatic carbocycles. The van der Waals surface area contributed by atoms with Gasteiger partial charge in [0.05, 0.1) is 13.2 Å². The molecule has 0 spiro atoms. The molecule has 1 aliphatic rings. The third kappa shape index (κ3) is 4.51. The van der Waals surface area contributed by atoms with Gasteiger partial charge in [-0.1, -0.05) is 30.3 Å². The molecule has 1 fully saturated rings. The fourth-order valence-electron chi connectivity index (χ4n) is 1.76. The predicted molar refractivity (Wildman–Crippen MR) is 70.9 cm³/mol. The maximum Gasteiger partial charge on any atom is 0.294 e. The average molecular weight is 271 g/mol. The van der Waals surface area contributed by atoms with E-state index < -0.39 is 0 Å². The van der Waals surface area contributed by atoms with Crippen LogP contribution in [-0.2, 0) is 11.3 Å². The molecule has 5 nitrogen and oxygen atoms in total. The molecule has 102 valence electrons. The monoisotopic (exact) mass is 271 g/mol. The molecule has 6 heteroatoms. The zero-order chi connectivity index (χ0) is 12.8. The van der Waals surface area contributed by atoms with Gasteiger partial charge in [0.1, 0.15) is 11.1 Å². The highest BCUT2D eigenvalue weighted by Gasteiger charge is 2.17. The van der Waals surface area contributed by atoms with Crippen LogP contribution >= 0.6 is 11.3 Å². The molecule has 0 unspecified atom stereocenters. The van der Waals surface area contributed by atoms with Crippen LogP contribution in [0.25, 0.3) is 0 Å². The molecule has 1 saturated heterocycles. The number of hydrogen-bond acceptors (Lipinski definition) is 6. The Bertz CT molecular complexity index is 351. The minimum atomic E-state index is 0.239. The van der Waals surface area contributed by atoms with E-state index in [1.54, 1.807) is 0 Å². The SMILES string of the molecule is CC(C)CNCc1nnc(OC2CCOCC2)s1. The van der Waals surface area contributed by atoms with E-state index in [-0.39, 0.29) is 6.10 Å². The van der Waals surface area contributed by atoms with E-state index in [1.165, 1.54) is 11.3 Å². The van der Waals surface area contributed by atoms with E-state index >= 15 is 0 Å². The Labute approximate surface area is 112 Å². The minimum Gasteiger partial charge on any atom is -0.465 e. The molecule has 2 heterocycles. The van der Waals surface area contributed by atoms with Crippen LogP contribution < -0.4 is 10.1 Å². The Kier molecular flexibility index (Phi) is 5.34. The summed E-state index contributed by atoms with van der Waals surface area (Å²) in [5, 5.41) is 13.2. The van der Waals surface area contributed by atoms with Crippen molar-refractivity contribution in [3.63, 3.8) is 0 Å². The number of ether oxygens (including phenoxy) is 2. The lowest BCUT2D eigenvalue weighted by atomic mass is 10.2. The van der Waals surface area contributed by atoms with Crippen LogP contribution in [0.3, 0.4) is 0 Å². The van der Waals surface area contributed by atoms with Crippen LogP contribution in [0.1, 0.15) is 31.7 Å². The summed E-state index contributed by atoms with van der Waals surface area (Å²) in [6, 6.07) is 0. The van der Waals surface area contributed by atoms with Crippen molar-refractivity contribution in [3.05, 3.63) is 5.01 Å². The number of rotatable bonds is 6. The number of nitrogens with zero attached hydrogens (tertiary/aromatic N) is 2. The normalized spacial score (nSPS) is 17.3.